The standard InChI is InChI=1S/C19H15F13INO/c20-14(21,15(22,23)16(24,25)17(26,27)18(28,29)19(30,31)32)10-12(33)8-4-5-9-34-13(35)11-6-2-1-3-7-11/h1-3,6-7,10H,4-5,8-9H2,(H,34,35). The Hall–Kier alpha value is -1.75. The molecule has 16 heteroatoms. The summed E-state index contributed by atoms with van der Waals surface area (Å²) in [6, 6.07) is 7.74. The average Bonchev–Trinajstić information content (AvgIpc) is 2.72. The first-order chi connectivity index (χ1) is 15.6. The van der Waals surface area contributed by atoms with E-state index >= 15 is 0 Å². The first-order valence-electron chi connectivity index (χ1n) is 9.30. The fraction of sp³-hybridized carbons (Fsp3) is 0.526. The van der Waals surface area contributed by atoms with Crippen LogP contribution < -0.4 is 5.32 Å². The molecule has 0 aliphatic rings. The fourth-order valence-electron chi connectivity index (χ4n) is 2.45. The van der Waals surface area contributed by atoms with Gasteiger partial charge in [0.05, 0.1) is 0 Å². The maximum Gasteiger partial charge on any atom is 0.460 e. The van der Waals surface area contributed by atoms with Gasteiger partial charge in [-0.2, -0.15) is 57.1 Å². The van der Waals surface area contributed by atoms with Crippen LogP contribution in [-0.4, -0.2) is 48.2 Å². The summed E-state index contributed by atoms with van der Waals surface area (Å²) >= 11 is 0.959. The molecule has 0 radical (unpaired) electrons. The molecule has 0 spiro atoms. The second-order valence-corrected chi connectivity index (χ2v) is 8.47. The smallest absolute Gasteiger partial charge is 0.352 e. The normalized spacial score (nSPS) is 14.7. The van der Waals surface area contributed by atoms with Gasteiger partial charge in [0.1, 0.15) is 0 Å². The number of carbonyl (C=O) groups is 1. The molecule has 0 heterocycles. The molecule has 1 aromatic carbocycles. The Morgan fingerprint density at radius 1 is 0.743 bits per heavy atom. The monoisotopic (exact) mass is 647 g/mol. The van der Waals surface area contributed by atoms with Gasteiger partial charge in [-0.15, -0.1) is 0 Å². The van der Waals surface area contributed by atoms with Gasteiger partial charge in [0, 0.05) is 18.2 Å². The van der Waals surface area contributed by atoms with Gasteiger partial charge < -0.3 is 5.32 Å². The number of nitrogens with one attached hydrogen (secondary N) is 1. The summed E-state index contributed by atoms with van der Waals surface area (Å²) in [6.07, 6.45) is -8.91. The molecule has 2 nitrogen and oxygen atoms in total. The van der Waals surface area contributed by atoms with Crippen LogP contribution in [0, 0.1) is 0 Å². The molecular weight excluding hydrogens is 632 g/mol. The average molecular weight is 647 g/mol. The largest absolute Gasteiger partial charge is 0.460 e. The van der Waals surface area contributed by atoms with Gasteiger partial charge in [-0.05, 0) is 57.6 Å². The number of halogens is 14. The Morgan fingerprint density at radius 2 is 1.23 bits per heavy atom. The first kappa shape index (κ1) is 31.3. The second-order valence-electron chi connectivity index (χ2n) is 7.09. The summed E-state index contributed by atoms with van der Waals surface area (Å²) in [4.78, 5) is 11.8. The zero-order valence-corrected chi connectivity index (χ0v) is 19.1. The van der Waals surface area contributed by atoms with Crippen molar-refractivity contribution in [3.8, 4) is 0 Å². The van der Waals surface area contributed by atoms with Crippen molar-refractivity contribution >= 4 is 28.5 Å². The quantitative estimate of drug-likeness (QED) is 0.149. The van der Waals surface area contributed by atoms with Crippen LogP contribution >= 0.6 is 22.6 Å². The maximum atomic E-state index is 13.8. The number of benzene rings is 1. The number of hydrogen-bond donors (Lipinski definition) is 1. The van der Waals surface area contributed by atoms with Crippen LogP contribution in [0.2, 0.25) is 0 Å². The van der Waals surface area contributed by atoms with Crippen molar-refractivity contribution < 1.29 is 61.9 Å². The molecule has 0 aliphatic carbocycles. The second kappa shape index (κ2) is 10.7. The molecule has 0 aromatic heterocycles. The van der Waals surface area contributed by atoms with Crippen molar-refractivity contribution in [2.75, 3.05) is 6.54 Å². The lowest BCUT2D eigenvalue weighted by atomic mass is 9.93. The van der Waals surface area contributed by atoms with E-state index in [1.165, 1.54) is 12.1 Å². The predicted molar refractivity (Wildman–Crippen MR) is 106 cm³/mol. The molecule has 1 rings (SSSR count). The molecule has 0 aliphatic heterocycles. The van der Waals surface area contributed by atoms with E-state index in [4.69, 9.17) is 0 Å². The molecule has 1 N–H and O–H groups in total. The molecule has 0 unspecified atom stereocenters. The fourth-order valence-corrected chi connectivity index (χ4v) is 3.23. The van der Waals surface area contributed by atoms with Crippen LogP contribution in [0.25, 0.3) is 0 Å². The Morgan fingerprint density at radius 3 is 1.71 bits per heavy atom. The summed E-state index contributed by atoms with van der Waals surface area (Å²) in [5.41, 5.74) is 0.290. The Labute approximate surface area is 203 Å². The van der Waals surface area contributed by atoms with Gasteiger partial charge in [-0.25, -0.2) is 0 Å². The van der Waals surface area contributed by atoms with Crippen LogP contribution in [0.15, 0.2) is 40.0 Å². The maximum absolute atomic E-state index is 13.8. The number of carbonyl (C=O) groups excluding carboxylic acids is 1. The molecule has 200 valence electrons. The molecule has 1 amide bonds. The Bertz CT molecular complexity index is 898. The van der Waals surface area contributed by atoms with Gasteiger partial charge in [0.15, 0.2) is 0 Å². The lowest BCUT2D eigenvalue weighted by Crippen LogP contribution is -2.69. The zero-order chi connectivity index (χ0) is 27.5. The molecule has 0 bridgehead atoms. The highest BCUT2D eigenvalue weighted by Crippen LogP contribution is 2.60. The minimum Gasteiger partial charge on any atom is -0.352 e. The van der Waals surface area contributed by atoms with Gasteiger partial charge in [0.2, 0.25) is 0 Å². The van der Waals surface area contributed by atoms with E-state index in [9.17, 15) is 61.9 Å². The van der Waals surface area contributed by atoms with Gasteiger partial charge in [-0.1, -0.05) is 18.2 Å². The van der Waals surface area contributed by atoms with Crippen LogP contribution in [0.1, 0.15) is 29.6 Å². The van der Waals surface area contributed by atoms with E-state index in [0.29, 0.717) is 0 Å². The zero-order valence-electron chi connectivity index (χ0n) is 17.0. The summed E-state index contributed by atoms with van der Waals surface area (Å²) in [7, 11) is 0. The highest BCUT2D eigenvalue weighted by molar-refractivity contribution is 14.1. The molecule has 0 atom stereocenters. The van der Waals surface area contributed by atoms with Crippen LogP contribution in [0.5, 0.6) is 0 Å². The summed E-state index contributed by atoms with van der Waals surface area (Å²) < 4.78 is 169. The van der Waals surface area contributed by atoms with Gasteiger partial charge >= 0.3 is 35.8 Å². The Kier molecular flexibility index (Phi) is 9.56. The lowest BCUT2D eigenvalue weighted by Gasteiger charge is -2.39. The van der Waals surface area contributed by atoms with E-state index in [1.54, 1.807) is 18.2 Å². The minimum atomic E-state index is -7.92. The van der Waals surface area contributed by atoms with E-state index in [0.717, 1.165) is 22.6 Å². The molecule has 0 saturated heterocycles. The molecule has 0 saturated carbocycles. The van der Waals surface area contributed by atoms with E-state index in [1.807, 2.05) is 0 Å². The van der Waals surface area contributed by atoms with Crippen molar-refractivity contribution in [2.45, 2.75) is 55.1 Å². The molecule has 0 fully saturated rings. The summed E-state index contributed by atoms with van der Waals surface area (Å²) in [5.74, 6) is -37.5. The SMILES string of the molecule is O=C(NCCCCC(I)=CC(F)(F)C(F)(F)C(F)(F)C(F)(F)C(F)(F)C(F)(F)F)c1ccccc1. The van der Waals surface area contributed by atoms with Crippen molar-refractivity contribution in [3.63, 3.8) is 0 Å². The van der Waals surface area contributed by atoms with Crippen LogP contribution in [-0.2, 0) is 0 Å². The third kappa shape index (κ3) is 6.34. The molecule has 35 heavy (non-hydrogen) atoms. The number of amides is 1. The van der Waals surface area contributed by atoms with E-state index < -0.39 is 57.8 Å². The minimum absolute atomic E-state index is 0.0268. The number of rotatable bonds is 11. The summed E-state index contributed by atoms with van der Waals surface area (Å²) in [5, 5.41) is 2.43. The van der Waals surface area contributed by atoms with Crippen molar-refractivity contribution in [1.82, 2.24) is 5.32 Å². The molecular formula is C19H15F13INO. The lowest BCUT2D eigenvalue weighted by molar-refractivity contribution is -0.436. The van der Waals surface area contributed by atoms with Crippen molar-refractivity contribution in [3.05, 3.63) is 45.6 Å². The van der Waals surface area contributed by atoms with Crippen LogP contribution in [0.3, 0.4) is 0 Å². The third-order valence-corrected chi connectivity index (χ3v) is 5.31. The molecule has 1 aromatic rings. The van der Waals surface area contributed by atoms with E-state index in [-0.39, 0.29) is 24.9 Å². The third-order valence-electron chi connectivity index (χ3n) is 4.46. The first-order valence-corrected chi connectivity index (χ1v) is 10.4. The number of unbranched alkanes of at least 4 members (excludes halogenated alkanes) is 1. The number of allylic oxidation sites excluding steroid dienone is 2. The predicted octanol–water partition coefficient (Wildman–Crippen LogP) is 7.64. The van der Waals surface area contributed by atoms with Gasteiger partial charge in [-0.3, -0.25) is 4.79 Å². The van der Waals surface area contributed by atoms with E-state index in [2.05, 4.69) is 5.32 Å². The van der Waals surface area contributed by atoms with Crippen LogP contribution in [0.4, 0.5) is 57.1 Å². The van der Waals surface area contributed by atoms with Gasteiger partial charge in [0.25, 0.3) is 5.91 Å². The highest BCUT2D eigenvalue weighted by Gasteiger charge is 2.90. The number of hydrogen-bond acceptors (Lipinski definition) is 1. The highest BCUT2D eigenvalue weighted by atomic mass is 127. The number of alkyl halides is 13. The van der Waals surface area contributed by atoms with Crippen molar-refractivity contribution in [2.24, 2.45) is 0 Å². The summed E-state index contributed by atoms with van der Waals surface area (Å²) in [6.45, 7) is -0.0268. The topological polar surface area (TPSA) is 29.1 Å². The van der Waals surface area contributed by atoms with Crippen molar-refractivity contribution in [1.29, 1.82) is 0 Å². The Balaban J connectivity index is 2.88.